The highest BCUT2D eigenvalue weighted by atomic mass is 19.1. The molecule has 0 spiro atoms. The van der Waals surface area contributed by atoms with Crippen LogP contribution in [0, 0.1) is 5.82 Å². The van der Waals surface area contributed by atoms with Crippen LogP contribution >= 0.6 is 0 Å². The molecule has 7 nitrogen and oxygen atoms in total. The summed E-state index contributed by atoms with van der Waals surface area (Å²) in [6, 6.07) is 6.04. The highest BCUT2D eigenvalue weighted by Gasteiger charge is 2.17. The van der Waals surface area contributed by atoms with Gasteiger partial charge >= 0.3 is 5.76 Å². The van der Waals surface area contributed by atoms with E-state index >= 15 is 0 Å². The van der Waals surface area contributed by atoms with Crippen molar-refractivity contribution in [2.75, 3.05) is 19.6 Å². The number of hydrogen-bond donors (Lipinski definition) is 1. The second-order valence-electron chi connectivity index (χ2n) is 6.92. The monoisotopic (exact) mass is 376 g/mol. The number of likely N-dealkylation sites (tertiary alicyclic amines) is 1. The van der Waals surface area contributed by atoms with Crippen molar-refractivity contribution in [3.05, 3.63) is 40.6 Å². The van der Waals surface area contributed by atoms with E-state index < -0.39 is 5.76 Å². The molecule has 3 rings (SSSR count). The van der Waals surface area contributed by atoms with Gasteiger partial charge in [0.15, 0.2) is 0 Å². The molecule has 2 aromatic rings. The minimum atomic E-state index is -0.716. The van der Waals surface area contributed by atoms with Gasteiger partial charge in [-0.05, 0) is 57.0 Å². The molecule has 0 radical (unpaired) electrons. The van der Waals surface area contributed by atoms with Gasteiger partial charge in [0.2, 0.25) is 11.8 Å². The van der Waals surface area contributed by atoms with Gasteiger partial charge in [-0.1, -0.05) is 6.42 Å². The normalized spacial score (nSPS) is 17.8. The first-order valence-corrected chi connectivity index (χ1v) is 9.37. The maximum atomic E-state index is 13.0. The van der Waals surface area contributed by atoms with Gasteiger partial charge in [-0.25, -0.2) is 9.18 Å². The van der Waals surface area contributed by atoms with Gasteiger partial charge in [-0.3, -0.25) is 4.79 Å². The molecule has 1 saturated heterocycles. The minimum absolute atomic E-state index is 0.0619. The maximum absolute atomic E-state index is 13.0. The Labute approximate surface area is 157 Å². The van der Waals surface area contributed by atoms with Gasteiger partial charge in [-0.2, -0.15) is 4.68 Å². The lowest BCUT2D eigenvalue weighted by Gasteiger charge is -2.33. The summed E-state index contributed by atoms with van der Waals surface area (Å²) in [5, 5.41) is 6.82. The van der Waals surface area contributed by atoms with E-state index in [4.69, 9.17) is 4.42 Å². The van der Waals surface area contributed by atoms with Crippen molar-refractivity contribution < 1.29 is 13.6 Å². The number of nitrogens with one attached hydrogen (secondary N) is 1. The summed E-state index contributed by atoms with van der Waals surface area (Å²) in [5.41, 5.74) is 0.475. The predicted octanol–water partition coefficient (Wildman–Crippen LogP) is 2.02. The van der Waals surface area contributed by atoms with Crippen molar-refractivity contribution in [2.45, 2.75) is 45.2 Å². The molecule has 1 amide bonds. The SMILES string of the molecule is C[C@@H]1CCCCN1CCCNC(=O)Cn1nc(-c2ccc(F)cc2)oc1=O. The summed E-state index contributed by atoms with van der Waals surface area (Å²) in [6.07, 6.45) is 4.63. The van der Waals surface area contributed by atoms with E-state index in [1.165, 1.54) is 43.5 Å². The molecular formula is C19H25FN4O3. The first kappa shape index (κ1) is 19.3. The summed E-state index contributed by atoms with van der Waals surface area (Å²) >= 11 is 0. The van der Waals surface area contributed by atoms with Crippen LogP contribution in [0.3, 0.4) is 0 Å². The molecule has 0 aliphatic carbocycles. The molecule has 1 fully saturated rings. The second-order valence-corrected chi connectivity index (χ2v) is 6.92. The van der Waals surface area contributed by atoms with Gasteiger partial charge in [0.1, 0.15) is 12.4 Å². The van der Waals surface area contributed by atoms with Gasteiger partial charge in [0.05, 0.1) is 0 Å². The molecule has 146 valence electrons. The highest BCUT2D eigenvalue weighted by molar-refractivity contribution is 5.75. The Kier molecular flexibility index (Phi) is 6.39. The largest absolute Gasteiger partial charge is 0.437 e. The maximum Gasteiger partial charge on any atom is 0.437 e. The summed E-state index contributed by atoms with van der Waals surface area (Å²) in [5.74, 6) is -1.33. The predicted molar refractivity (Wildman–Crippen MR) is 98.7 cm³/mol. The molecule has 0 unspecified atom stereocenters. The number of nitrogens with zero attached hydrogens (tertiary/aromatic N) is 3. The van der Waals surface area contributed by atoms with Crippen LogP contribution in [0.1, 0.15) is 32.6 Å². The quantitative estimate of drug-likeness (QED) is 0.748. The van der Waals surface area contributed by atoms with Crippen molar-refractivity contribution in [3.8, 4) is 11.5 Å². The summed E-state index contributed by atoms with van der Waals surface area (Å²) < 4.78 is 19.0. The van der Waals surface area contributed by atoms with E-state index in [2.05, 4.69) is 22.2 Å². The molecule has 2 heterocycles. The third-order valence-electron chi connectivity index (χ3n) is 4.88. The molecule has 1 aliphatic heterocycles. The number of carbonyl (C=O) groups is 1. The van der Waals surface area contributed by atoms with Crippen LogP contribution in [-0.4, -0.2) is 46.3 Å². The van der Waals surface area contributed by atoms with Crippen molar-refractivity contribution in [3.63, 3.8) is 0 Å². The first-order chi connectivity index (χ1) is 13.0. The van der Waals surface area contributed by atoms with Gasteiger partial charge in [0, 0.05) is 24.7 Å². The van der Waals surface area contributed by atoms with Gasteiger partial charge < -0.3 is 14.6 Å². The molecule has 1 aromatic carbocycles. The Hall–Kier alpha value is -2.48. The topological polar surface area (TPSA) is 80.4 Å². The Morgan fingerprint density at radius 2 is 2.11 bits per heavy atom. The molecule has 0 bridgehead atoms. The lowest BCUT2D eigenvalue weighted by Crippen LogP contribution is -2.39. The van der Waals surface area contributed by atoms with Gasteiger partial charge in [-0.15, -0.1) is 5.10 Å². The zero-order valence-corrected chi connectivity index (χ0v) is 15.5. The number of benzene rings is 1. The van der Waals surface area contributed by atoms with E-state index in [-0.39, 0.29) is 24.2 Å². The van der Waals surface area contributed by atoms with Crippen molar-refractivity contribution >= 4 is 5.91 Å². The van der Waals surface area contributed by atoms with Crippen molar-refractivity contribution in [2.24, 2.45) is 0 Å². The lowest BCUT2D eigenvalue weighted by molar-refractivity contribution is -0.121. The summed E-state index contributed by atoms with van der Waals surface area (Å²) in [4.78, 5) is 26.4. The first-order valence-electron chi connectivity index (χ1n) is 9.37. The fourth-order valence-corrected chi connectivity index (χ4v) is 3.31. The average molecular weight is 376 g/mol. The number of carbonyl (C=O) groups excluding carboxylic acids is 1. The van der Waals surface area contributed by atoms with Crippen molar-refractivity contribution in [1.82, 2.24) is 20.0 Å². The molecule has 27 heavy (non-hydrogen) atoms. The minimum Gasteiger partial charge on any atom is -0.388 e. The number of amides is 1. The molecule has 1 atom stereocenters. The highest BCUT2D eigenvalue weighted by Crippen LogP contribution is 2.16. The van der Waals surface area contributed by atoms with Crippen LogP contribution in [0.4, 0.5) is 4.39 Å². The second kappa shape index (κ2) is 8.94. The molecule has 0 saturated carbocycles. The Bertz CT molecular complexity index is 815. The zero-order chi connectivity index (χ0) is 19.2. The van der Waals surface area contributed by atoms with E-state index in [0.717, 1.165) is 24.2 Å². The Balaban J connectivity index is 1.46. The van der Waals surface area contributed by atoms with Crippen LogP contribution in [0.5, 0.6) is 0 Å². The molecule has 1 aliphatic rings. The third kappa shape index (κ3) is 5.26. The standard InChI is InChI=1S/C19H25FN4O3/c1-14-5-2-3-11-23(14)12-4-10-21-17(25)13-24-19(26)27-18(22-24)15-6-8-16(20)9-7-15/h6-9,14H,2-5,10-13H2,1H3,(H,21,25)/t14-/m1/s1. The lowest BCUT2D eigenvalue weighted by atomic mass is 10.0. The van der Waals surface area contributed by atoms with Crippen LogP contribution in [0.2, 0.25) is 0 Å². The van der Waals surface area contributed by atoms with Crippen LogP contribution in [-0.2, 0) is 11.3 Å². The number of hydrogen-bond acceptors (Lipinski definition) is 5. The fraction of sp³-hybridized carbons (Fsp3) is 0.526. The van der Waals surface area contributed by atoms with E-state index in [1.54, 1.807) is 0 Å². The van der Waals surface area contributed by atoms with Gasteiger partial charge in [0.25, 0.3) is 0 Å². The molecule has 1 aromatic heterocycles. The Morgan fingerprint density at radius 1 is 1.33 bits per heavy atom. The number of piperidine rings is 1. The van der Waals surface area contributed by atoms with E-state index in [9.17, 15) is 14.0 Å². The zero-order valence-electron chi connectivity index (χ0n) is 15.5. The third-order valence-corrected chi connectivity index (χ3v) is 4.88. The van der Waals surface area contributed by atoms with E-state index in [1.807, 2.05) is 0 Å². The van der Waals surface area contributed by atoms with Crippen molar-refractivity contribution in [1.29, 1.82) is 0 Å². The smallest absolute Gasteiger partial charge is 0.388 e. The number of halogens is 1. The van der Waals surface area contributed by atoms with E-state index in [0.29, 0.717) is 18.2 Å². The number of rotatable bonds is 7. The Morgan fingerprint density at radius 3 is 2.85 bits per heavy atom. The summed E-state index contributed by atoms with van der Waals surface area (Å²) in [6.45, 7) is 4.67. The molecule has 8 heteroatoms. The van der Waals surface area contributed by atoms with Crippen LogP contribution in [0.25, 0.3) is 11.5 Å². The molecule has 1 N–H and O–H groups in total. The fourth-order valence-electron chi connectivity index (χ4n) is 3.31. The van der Waals surface area contributed by atoms with Crippen LogP contribution < -0.4 is 11.1 Å². The van der Waals surface area contributed by atoms with Crippen LogP contribution in [0.15, 0.2) is 33.5 Å². The average Bonchev–Trinajstić information content (AvgIpc) is 3.01. The number of aromatic nitrogens is 2. The molecular weight excluding hydrogens is 351 g/mol. The summed E-state index contributed by atoms with van der Waals surface area (Å²) in [7, 11) is 0.